The Hall–Kier alpha value is -1.08. The molecular weight excluding hydrogens is 223 g/mol. The minimum Gasteiger partial charge on any atom is -0.357 e. The Morgan fingerprint density at radius 2 is 2.50 bits per heavy atom. The minimum atomic E-state index is -0.417. The van der Waals surface area contributed by atoms with Gasteiger partial charge in [0, 0.05) is 10.7 Å². The third kappa shape index (κ3) is 2.21. The van der Waals surface area contributed by atoms with Gasteiger partial charge in [-0.15, -0.1) is 6.42 Å². The lowest BCUT2D eigenvalue weighted by molar-refractivity contribution is 0.624. The van der Waals surface area contributed by atoms with Crippen molar-refractivity contribution in [3.63, 3.8) is 0 Å². The number of nitrogens with zero attached hydrogens (tertiary/aromatic N) is 1. The van der Waals surface area contributed by atoms with Crippen molar-refractivity contribution in [2.45, 2.75) is 0 Å². The highest BCUT2D eigenvalue weighted by molar-refractivity contribution is 9.10. The van der Waals surface area contributed by atoms with Crippen LogP contribution in [-0.4, -0.2) is 11.5 Å². The fourth-order valence-corrected chi connectivity index (χ4v) is 0.983. The van der Waals surface area contributed by atoms with Crippen LogP contribution in [0.25, 0.3) is 0 Å². The van der Waals surface area contributed by atoms with Gasteiger partial charge in [0.15, 0.2) is 11.6 Å². The van der Waals surface area contributed by atoms with Gasteiger partial charge in [0.2, 0.25) is 0 Å². The summed E-state index contributed by atoms with van der Waals surface area (Å²) in [7, 11) is 0. The van der Waals surface area contributed by atoms with Crippen molar-refractivity contribution in [1.82, 2.24) is 4.98 Å². The van der Waals surface area contributed by atoms with E-state index in [9.17, 15) is 4.39 Å². The van der Waals surface area contributed by atoms with Crippen LogP contribution in [0.3, 0.4) is 0 Å². The number of anilines is 1. The number of hydrogen-bond donors (Lipinski definition) is 1. The zero-order valence-corrected chi connectivity index (χ0v) is 7.73. The molecule has 0 radical (unpaired) electrons. The Morgan fingerprint density at radius 1 is 1.75 bits per heavy atom. The summed E-state index contributed by atoms with van der Waals surface area (Å²) < 4.78 is 13.6. The maximum atomic E-state index is 13.0. The molecule has 0 spiro atoms. The van der Waals surface area contributed by atoms with Crippen molar-refractivity contribution >= 4 is 21.7 Å². The Bertz CT molecular complexity index is 319. The number of terminal acetylenes is 1. The van der Waals surface area contributed by atoms with E-state index in [0.29, 0.717) is 4.47 Å². The molecule has 62 valence electrons. The summed E-state index contributed by atoms with van der Waals surface area (Å²) in [6, 6.07) is 1.33. The maximum Gasteiger partial charge on any atom is 0.166 e. The Labute approximate surface area is 78.3 Å². The van der Waals surface area contributed by atoms with Crippen LogP contribution in [0.1, 0.15) is 0 Å². The van der Waals surface area contributed by atoms with Gasteiger partial charge in [0.05, 0.1) is 6.54 Å². The predicted octanol–water partition coefficient (Wildman–Crippen LogP) is 2.03. The summed E-state index contributed by atoms with van der Waals surface area (Å²) in [5, 5.41) is 2.65. The minimum absolute atomic E-state index is 0.177. The SMILES string of the molecule is C#CCNc1ncc(Br)cc1F. The molecule has 1 aromatic heterocycles. The second-order valence-electron chi connectivity index (χ2n) is 2.04. The molecule has 0 aliphatic heterocycles. The van der Waals surface area contributed by atoms with E-state index in [-0.39, 0.29) is 12.4 Å². The van der Waals surface area contributed by atoms with E-state index in [4.69, 9.17) is 6.42 Å². The van der Waals surface area contributed by atoms with E-state index in [1.165, 1.54) is 12.3 Å². The molecule has 1 aromatic rings. The zero-order chi connectivity index (χ0) is 8.97. The molecule has 0 unspecified atom stereocenters. The van der Waals surface area contributed by atoms with Gasteiger partial charge in [-0.3, -0.25) is 0 Å². The zero-order valence-electron chi connectivity index (χ0n) is 6.14. The summed E-state index contributed by atoms with van der Waals surface area (Å²) in [4.78, 5) is 3.79. The van der Waals surface area contributed by atoms with Crippen LogP contribution in [0.4, 0.5) is 10.2 Å². The molecule has 0 aromatic carbocycles. The van der Waals surface area contributed by atoms with E-state index in [1.807, 2.05) is 0 Å². The fraction of sp³-hybridized carbons (Fsp3) is 0.125. The number of rotatable bonds is 2. The van der Waals surface area contributed by atoms with Gasteiger partial charge in [-0.1, -0.05) is 5.92 Å². The molecular formula is C8H6BrFN2. The predicted molar refractivity (Wildman–Crippen MR) is 49.2 cm³/mol. The number of nitrogens with one attached hydrogen (secondary N) is 1. The average molecular weight is 229 g/mol. The molecule has 2 nitrogen and oxygen atoms in total. The van der Waals surface area contributed by atoms with Crippen LogP contribution >= 0.6 is 15.9 Å². The standard InChI is InChI=1S/C8H6BrFN2/c1-2-3-11-8-7(10)4-6(9)5-12-8/h1,4-5H,3H2,(H,11,12). The first-order valence-corrected chi connectivity index (χ1v) is 4.01. The van der Waals surface area contributed by atoms with Gasteiger partial charge in [-0.25, -0.2) is 9.37 Å². The lowest BCUT2D eigenvalue weighted by atomic mass is 10.4. The Kier molecular flexibility index (Phi) is 3.06. The topological polar surface area (TPSA) is 24.9 Å². The first-order valence-electron chi connectivity index (χ1n) is 3.22. The number of halogens is 2. The number of hydrogen-bond acceptors (Lipinski definition) is 2. The van der Waals surface area contributed by atoms with E-state index >= 15 is 0 Å². The summed E-state index contributed by atoms with van der Waals surface area (Å²) in [6.45, 7) is 0.269. The van der Waals surface area contributed by atoms with Crippen LogP contribution in [0, 0.1) is 18.2 Å². The summed E-state index contributed by atoms with van der Waals surface area (Å²) in [5.41, 5.74) is 0. The second kappa shape index (κ2) is 4.07. The largest absolute Gasteiger partial charge is 0.357 e. The summed E-state index contributed by atoms with van der Waals surface area (Å²) in [5.74, 6) is 2.09. The third-order valence-corrected chi connectivity index (χ3v) is 1.60. The van der Waals surface area contributed by atoms with Crippen molar-refractivity contribution in [2.24, 2.45) is 0 Å². The highest BCUT2D eigenvalue weighted by Crippen LogP contribution is 2.15. The van der Waals surface area contributed by atoms with E-state index in [0.717, 1.165) is 0 Å². The normalized spacial score (nSPS) is 9.08. The molecule has 0 saturated heterocycles. The van der Waals surface area contributed by atoms with Crippen molar-refractivity contribution in [2.75, 3.05) is 11.9 Å². The van der Waals surface area contributed by atoms with E-state index < -0.39 is 5.82 Å². The lowest BCUT2D eigenvalue weighted by Gasteiger charge is -2.01. The molecule has 4 heteroatoms. The van der Waals surface area contributed by atoms with Crippen LogP contribution < -0.4 is 5.32 Å². The first kappa shape index (κ1) is 9.01. The Morgan fingerprint density at radius 3 is 3.08 bits per heavy atom. The summed E-state index contributed by atoms with van der Waals surface area (Å²) >= 11 is 3.09. The van der Waals surface area contributed by atoms with Crippen LogP contribution in [0.2, 0.25) is 0 Å². The van der Waals surface area contributed by atoms with Crippen LogP contribution in [0.15, 0.2) is 16.7 Å². The summed E-state index contributed by atoms with van der Waals surface area (Å²) in [6.07, 6.45) is 6.49. The van der Waals surface area contributed by atoms with Crippen LogP contribution in [-0.2, 0) is 0 Å². The molecule has 0 aliphatic rings. The number of pyridine rings is 1. The quantitative estimate of drug-likeness (QED) is 0.784. The molecule has 12 heavy (non-hydrogen) atoms. The van der Waals surface area contributed by atoms with Crippen molar-refractivity contribution in [1.29, 1.82) is 0 Å². The monoisotopic (exact) mass is 228 g/mol. The number of aromatic nitrogens is 1. The molecule has 0 bridgehead atoms. The fourth-order valence-electron chi connectivity index (χ4n) is 0.679. The maximum absolute atomic E-state index is 13.0. The molecule has 1 N–H and O–H groups in total. The van der Waals surface area contributed by atoms with Crippen molar-refractivity contribution in [3.05, 3.63) is 22.6 Å². The molecule has 1 heterocycles. The highest BCUT2D eigenvalue weighted by atomic mass is 79.9. The van der Waals surface area contributed by atoms with Gasteiger partial charge < -0.3 is 5.32 Å². The average Bonchev–Trinajstić information content (AvgIpc) is 2.03. The first-order chi connectivity index (χ1) is 5.74. The van der Waals surface area contributed by atoms with Gasteiger partial charge in [0.1, 0.15) is 0 Å². The molecule has 0 amide bonds. The van der Waals surface area contributed by atoms with Crippen LogP contribution in [0.5, 0.6) is 0 Å². The molecule has 0 saturated carbocycles. The second-order valence-corrected chi connectivity index (χ2v) is 2.96. The van der Waals surface area contributed by atoms with Crippen molar-refractivity contribution < 1.29 is 4.39 Å². The Balaban J connectivity index is 2.81. The molecule has 0 atom stereocenters. The van der Waals surface area contributed by atoms with Gasteiger partial charge in [-0.05, 0) is 22.0 Å². The molecule has 1 rings (SSSR count). The molecule has 0 fully saturated rings. The smallest absolute Gasteiger partial charge is 0.166 e. The third-order valence-electron chi connectivity index (χ3n) is 1.17. The lowest BCUT2D eigenvalue weighted by Crippen LogP contribution is -2.02. The molecule has 0 aliphatic carbocycles. The van der Waals surface area contributed by atoms with E-state index in [2.05, 4.69) is 32.2 Å². The van der Waals surface area contributed by atoms with E-state index in [1.54, 1.807) is 0 Å². The highest BCUT2D eigenvalue weighted by Gasteiger charge is 2.01. The van der Waals surface area contributed by atoms with Gasteiger partial charge in [0.25, 0.3) is 0 Å². The van der Waals surface area contributed by atoms with Gasteiger partial charge >= 0.3 is 0 Å². The van der Waals surface area contributed by atoms with Crippen molar-refractivity contribution in [3.8, 4) is 12.3 Å². The van der Waals surface area contributed by atoms with Gasteiger partial charge in [-0.2, -0.15) is 0 Å².